The molecule has 1 heterocycles. The van der Waals surface area contributed by atoms with Crippen LogP contribution in [0.4, 0.5) is 0 Å². The maximum atomic E-state index is 9.23. The molecule has 2 aliphatic rings. The predicted octanol–water partition coefficient (Wildman–Crippen LogP) is 0.323. The number of hydrogen-bond acceptors (Lipinski definition) is 3. The summed E-state index contributed by atoms with van der Waals surface area (Å²) in [6.07, 6.45) is 5.14. The highest BCUT2D eigenvalue weighted by Crippen LogP contribution is 2.36. The molecule has 2 fully saturated rings. The number of likely N-dealkylation sites (tertiary alicyclic amines) is 1. The van der Waals surface area contributed by atoms with Crippen molar-refractivity contribution in [1.82, 2.24) is 4.90 Å². The minimum Gasteiger partial charge on any atom is -0.393 e. The fraction of sp³-hybridized carbons (Fsp3) is 1.00. The average Bonchev–Trinajstić information content (AvgIpc) is 2.33. The molecule has 0 aromatic rings. The van der Waals surface area contributed by atoms with Crippen LogP contribution in [0, 0.1) is 0 Å². The highest BCUT2D eigenvalue weighted by atomic mass is 16.3. The van der Waals surface area contributed by atoms with Crippen LogP contribution in [0.15, 0.2) is 0 Å². The summed E-state index contributed by atoms with van der Waals surface area (Å²) in [7, 11) is 2.18. The molecule has 3 nitrogen and oxygen atoms in total. The SMILES string of the molecule is CN1CCCC1CC1(N)CC(O)C1. The third kappa shape index (κ3) is 1.87. The molecule has 1 saturated carbocycles. The molecule has 0 amide bonds. The monoisotopic (exact) mass is 184 g/mol. The second kappa shape index (κ2) is 3.23. The average molecular weight is 184 g/mol. The minimum atomic E-state index is -0.128. The molecule has 3 N–H and O–H groups in total. The van der Waals surface area contributed by atoms with Crippen molar-refractivity contribution in [3.63, 3.8) is 0 Å². The van der Waals surface area contributed by atoms with Crippen molar-refractivity contribution in [1.29, 1.82) is 0 Å². The van der Waals surface area contributed by atoms with Gasteiger partial charge in [-0.2, -0.15) is 0 Å². The molecule has 1 unspecified atom stereocenters. The zero-order valence-electron chi connectivity index (χ0n) is 8.37. The van der Waals surface area contributed by atoms with Crippen molar-refractivity contribution >= 4 is 0 Å². The first-order valence-electron chi connectivity index (χ1n) is 5.26. The first-order chi connectivity index (χ1) is 6.09. The van der Waals surface area contributed by atoms with Gasteiger partial charge in [-0.05, 0) is 45.7 Å². The molecular weight excluding hydrogens is 164 g/mol. The summed E-state index contributed by atoms with van der Waals surface area (Å²) in [6.45, 7) is 1.21. The third-order valence-electron chi connectivity index (χ3n) is 3.60. The van der Waals surface area contributed by atoms with Crippen molar-refractivity contribution in [3.05, 3.63) is 0 Å². The lowest BCUT2D eigenvalue weighted by molar-refractivity contribution is 0.00872. The Morgan fingerprint density at radius 2 is 2.23 bits per heavy atom. The van der Waals surface area contributed by atoms with E-state index in [9.17, 15) is 5.11 Å². The van der Waals surface area contributed by atoms with Crippen LogP contribution in [0.1, 0.15) is 32.1 Å². The zero-order chi connectivity index (χ0) is 9.47. The first-order valence-corrected chi connectivity index (χ1v) is 5.26. The summed E-state index contributed by atoms with van der Waals surface area (Å²) in [5, 5.41) is 9.23. The van der Waals surface area contributed by atoms with Gasteiger partial charge in [0.1, 0.15) is 0 Å². The molecule has 1 aliphatic carbocycles. The van der Waals surface area contributed by atoms with Gasteiger partial charge in [-0.1, -0.05) is 0 Å². The van der Waals surface area contributed by atoms with Gasteiger partial charge in [0.05, 0.1) is 6.10 Å². The van der Waals surface area contributed by atoms with Crippen molar-refractivity contribution in [2.24, 2.45) is 5.73 Å². The molecule has 0 radical (unpaired) electrons. The Morgan fingerprint density at radius 1 is 1.54 bits per heavy atom. The number of aliphatic hydroxyl groups is 1. The summed E-state index contributed by atoms with van der Waals surface area (Å²) < 4.78 is 0. The van der Waals surface area contributed by atoms with E-state index < -0.39 is 0 Å². The molecule has 0 aromatic carbocycles. The van der Waals surface area contributed by atoms with Gasteiger partial charge in [-0.25, -0.2) is 0 Å². The van der Waals surface area contributed by atoms with Gasteiger partial charge in [0, 0.05) is 11.6 Å². The van der Waals surface area contributed by atoms with Crippen LogP contribution in [0.2, 0.25) is 0 Å². The second-order valence-corrected chi connectivity index (χ2v) is 4.91. The number of nitrogens with zero attached hydrogens (tertiary/aromatic N) is 1. The molecular formula is C10H20N2O. The van der Waals surface area contributed by atoms with Gasteiger partial charge in [-0.3, -0.25) is 0 Å². The highest BCUT2D eigenvalue weighted by molar-refractivity contribution is 5.01. The van der Waals surface area contributed by atoms with Crippen LogP contribution in [0.3, 0.4) is 0 Å². The number of rotatable bonds is 2. The Labute approximate surface area is 79.9 Å². The smallest absolute Gasteiger partial charge is 0.0575 e. The number of aliphatic hydroxyl groups excluding tert-OH is 1. The predicted molar refractivity (Wildman–Crippen MR) is 52.4 cm³/mol. The normalized spacial score (nSPS) is 46.4. The van der Waals surface area contributed by atoms with Gasteiger partial charge in [0.2, 0.25) is 0 Å². The van der Waals surface area contributed by atoms with E-state index in [0.717, 1.165) is 19.3 Å². The van der Waals surface area contributed by atoms with Crippen LogP contribution >= 0.6 is 0 Å². The minimum absolute atomic E-state index is 0.0529. The maximum Gasteiger partial charge on any atom is 0.0575 e. The van der Waals surface area contributed by atoms with Crippen LogP contribution in [-0.4, -0.2) is 41.3 Å². The van der Waals surface area contributed by atoms with Crippen molar-refractivity contribution in [2.75, 3.05) is 13.6 Å². The summed E-state index contributed by atoms with van der Waals surface area (Å²) in [5.74, 6) is 0. The quantitative estimate of drug-likeness (QED) is 0.650. The Kier molecular flexibility index (Phi) is 2.34. The molecule has 0 aromatic heterocycles. The molecule has 0 spiro atoms. The Hall–Kier alpha value is -0.120. The van der Waals surface area contributed by atoms with Gasteiger partial charge in [-0.15, -0.1) is 0 Å². The van der Waals surface area contributed by atoms with Crippen molar-refractivity contribution in [2.45, 2.75) is 49.8 Å². The van der Waals surface area contributed by atoms with Gasteiger partial charge < -0.3 is 15.7 Å². The lowest BCUT2D eigenvalue weighted by Gasteiger charge is -2.44. The molecule has 2 rings (SSSR count). The van der Waals surface area contributed by atoms with E-state index in [-0.39, 0.29) is 11.6 Å². The van der Waals surface area contributed by atoms with Crippen molar-refractivity contribution < 1.29 is 5.11 Å². The molecule has 1 aliphatic heterocycles. The van der Waals surface area contributed by atoms with E-state index in [1.165, 1.54) is 19.4 Å². The molecule has 76 valence electrons. The largest absolute Gasteiger partial charge is 0.393 e. The molecule has 1 atom stereocenters. The van der Waals surface area contributed by atoms with Crippen LogP contribution in [-0.2, 0) is 0 Å². The van der Waals surface area contributed by atoms with Crippen LogP contribution in [0.25, 0.3) is 0 Å². The summed E-state index contributed by atoms with van der Waals surface area (Å²) in [4.78, 5) is 2.40. The fourth-order valence-corrected chi connectivity index (χ4v) is 2.75. The molecule has 3 heteroatoms. The van der Waals surface area contributed by atoms with E-state index in [1.54, 1.807) is 0 Å². The maximum absolute atomic E-state index is 9.23. The van der Waals surface area contributed by atoms with E-state index in [1.807, 2.05) is 0 Å². The highest BCUT2D eigenvalue weighted by Gasteiger charge is 2.42. The van der Waals surface area contributed by atoms with E-state index >= 15 is 0 Å². The number of hydrogen-bond donors (Lipinski definition) is 2. The molecule has 13 heavy (non-hydrogen) atoms. The Balaban J connectivity index is 1.84. The topological polar surface area (TPSA) is 49.5 Å². The Bertz CT molecular complexity index is 189. The molecule has 0 bridgehead atoms. The zero-order valence-corrected chi connectivity index (χ0v) is 8.37. The van der Waals surface area contributed by atoms with Crippen LogP contribution in [0.5, 0.6) is 0 Å². The van der Waals surface area contributed by atoms with E-state index in [0.29, 0.717) is 6.04 Å². The summed E-state index contributed by atoms with van der Waals surface area (Å²) in [6, 6.07) is 0.664. The van der Waals surface area contributed by atoms with Gasteiger partial charge in [0.15, 0.2) is 0 Å². The summed E-state index contributed by atoms with van der Waals surface area (Å²) in [5.41, 5.74) is 6.10. The van der Waals surface area contributed by atoms with Gasteiger partial charge in [0.25, 0.3) is 0 Å². The fourth-order valence-electron chi connectivity index (χ4n) is 2.75. The third-order valence-corrected chi connectivity index (χ3v) is 3.60. The van der Waals surface area contributed by atoms with Crippen molar-refractivity contribution in [3.8, 4) is 0 Å². The van der Waals surface area contributed by atoms with Crippen LogP contribution < -0.4 is 5.73 Å². The lowest BCUT2D eigenvalue weighted by atomic mass is 9.71. The second-order valence-electron chi connectivity index (χ2n) is 4.91. The molecule has 1 saturated heterocycles. The van der Waals surface area contributed by atoms with E-state index in [4.69, 9.17) is 5.73 Å². The summed E-state index contributed by atoms with van der Waals surface area (Å²) >= 11 is 0. The van der Waals surface area contributed by atoms with Gasteiger partial charge >= 0.3 is 0 Å². The standard InChI is InChI=1S/C10H20N2O/c1-12-4-2-3-8(12)5-10(11)6-9(13)7-10/h8-9,13H,2-7,11H2,1H3. The first kappa shape index (κ1) is 9.44. The lowest BCUT2D eigenvalue weighted by Crippen LogP contribution is -2.57. The number of nitrogens with two attached hydrogens (primary N) is 1. The Morgan fingerprint density at radius 3 is 2.69 bits per heavy atom. The van der Waals surface area contributed by atoms with E-state index in [2.05, 4.69) is 11.9 Å².